The molecule has 0 bridgehead atoms. The average Bonchev–Trinajstić information content (AvgIpc) is 3.11. The number of carbonyl (C=O) groups excluding carboxylic acids is 2. The van der Waals surface area contributed by atoms with E-state index in [1.807, 2.05) is 19.1 Å². The summed E-state index contributed by atoms with van der Waals surface area (Å²) >= 11 is 4.71. The van der Waals surface area contributed by atoms with Gasteiger partial charge in [-0.05, 0) is 42.8 Å². The van der Waals surface area contributed by atoms with Gasteiger partial charge in [-0.1, -0.05) is 28.1 Å². The molecule has 2 N–H and O–H groups in total. The molecule has 5 nitrogen and oxygen atoms in total. The van der Waals surface area contributed by atoms with Gasteiger partial charge in [0.1, 0.15) is 10.8 Å². The van der Waals surface area contributed by atoms with Crippen LogP contribution in [0.1, 0.15) is 11.3 Å². The smallest absolute Gasteiger partial charge is 0.243 e. The van der Waals surface area contributed by atoms with Gasteiger partial charge in [0.25, 0.3) is 0 Å². The second-order valence-electron chi connectivity index (χ2n) is 6.12. The second kappa shape index (κ2) is 9.07. The van der Waals surface area contributed by atoms with Crippen LogP contribution in [0.5, 0.6) is 0 Å². The lowest BCUT2D eigenvalue weighted by molar-refractivity contribution is -0.123. The summed E-state index contributed by atoms with van der Waals surface area (Å²) in [6.07, 6.45) is 0.0520. The zero-order chi connectivity index (χ0) is 20.1. The number of aryl methyl sites for hydroxylation is 1. The standard InChI is InChI=1S/C20H17BrFN3O2S/c1-12-7-14(21)5-6-17(12)25-19(27)10-23-18(26)9-16-11-28-20(24-16)13-3-2-4-15(22)8-13/h2-8,11H,9-10H2,1H3,(H,23,26)(H,25,27). The van der Waals surface area contributed by atoms with Crippen LogP contribution in [-0.2, 0) is 16.0 Å². The van der Waals surface area contributed by atoms with Crippen LogP contribution in [0.3, 0.4) is 0 Å². The molecule has 28 heavy (non-hydrogen) atoms. The highest BCUT2D eigenvalue weighted by molar-refractivity contribution is 9.10. The van der Waals surface area contributed by atoms with Gasteiger partial charge in [-0.3, -0.25) is 9.59 Å². The lowest BCUT2D eigenvalue weighted by atomic mass is 10.2. The lowest BCUT2D eigenvalue weighted by Crippen LogP contribution is -2.34. The largest absolute Gasteiger partial charge is 0.347 e. The Hall–Kier alpha value is -2.58. The molecule has 8 heteroatoms. The topological polar surface area (TPSA) is 71.1 Å². The Kier molecular flexibility index (Phi) is 6.53. The summed E-state index contributed by atoms with van der Waals surface area (Å²) in [5, 5.41) is 7.75. The predicted octanol–water partition coefficient (Wildman–Crippen LogP) is 4.32. The molecule has 0 saturated heterocycles. The number of rotatable bonds is 6. The van der Waals surface area contributed by atoms with Crippen LogP contribution in [-0.4, -0.2) is 23.3 Å². The molecule has 1 heterocycles. The maximum atomic E-state index is 13.3. The normalized spacial score (nSPS) is 10.5. The number of thiazole rings is 1. The Labute approximate surface area is 174 Å². The van der Waals surface area contributed by atoms with E-state index in [9.17, 15) is 14.0 Å². The highest BCUT2D eigenvalue weighted by Crippen LogP contribution is 2.24. The van der Waals surface area contributed by atoms with Gasteiger partial charge < -0.3 is 10.6 Å². The summed E-state index contributed by atoms with van der Waals surface area (Å²) in [5.41, 5.74) is 2.86. The number of benzene rings is 2. The zero-order valence-corrected chi connectivity index (χ0v) is 17.4. The minimum absolute atomic E-state index is 0.0520. The van der Waals surface area contributed by atoms with Crippen molar-refractivity contribution in [2.24, 2.45) is 0 Å². The van der Waals surface area contributed by atoms with Gasteiger partial charge in [-0.2, -0.15) is 0 Å². The highest BCUT2D eigenvalue weighted by Gasteiger charge is 2.11. The third-order valence-corrected chi connectivity index (χ3v) is 5.31. The summed E-state index contributed by atoms with van der Waals surface area (Å²) in [4.78, 5) is 28.5. The Morgan fingerprint density at radius 3 is 2.75 bits per heavy atom. The fraction of sp³-hybridized carbons (Fsp3) is 0.150. The first-order valence-electron chi connectivity index (χ1n) is 8.44. The first-order valence-corrected chi connectivity index (χ1v) is 10.1. The van der Waals surface area contributed by atoms with Crippen molar-refractivity contribution in [3.63, 3.8) is 0 Å². The van der Waals surface area contributed by atoms with E-state index in [1.165, 1.54) is 23.5 Å². The molecule has 2 aromatic carbocycles. The van der Waals surface area contributed by atoms with Crippen LogP contribution in [0, 0.1) is 12.7 Å². The molecule has 3 aromatic rings. The molecule has 0 saturated carbocycles. The van der Waals surface area contributed by atoms with Gasteiger partial charge in [0.2, 0.25) is 11.8 Å². The van der Waals surface area contributed by atoms with E-state index in [1.54, 1.807) is 23.6 Å². The average molecular weight is 462 g/mol. The molecule has 0 aliphatic carbocycles. The summed E-state index contributed by atoms with van der Waals surface area (Å²) in [6, 6.07) is 11.7. The van der Waals surface area contributed by atoms with Crippen molar-refractivity contribution in [3.05, 3.63) is 69.4 Å². The number of hydrogen-bond donors (Lipinski definition) is 2. The third-order valence-electron chi connectivity index (χ3n) is 3.87. The molecule has 0 radical (unpaired) electrons. The van der Waals surface area contributed by atoms with Crippen molar-refractivity contribution in [1.29, 1.82) is 0 Å². The molecule has 2 amide bonds. The number of aromatic nitrogens is 1. The highest BCUT2D eigenvalue weighted by atomic mass is 79.9. The van der Waals surface area contributed by atoms with E-state index in [4.69, 9.17) is 0 Å². The predicted molar refractivity (Wildman–Crippen MR) is 112 cm³/mol. The zero-order valence-electron chi connectivity index (χ0n) is 15.0. The molecular weight excluding hydrogens is 445 g/mol. The van der Waals surface area contributed by atoms with Crippen LogP contribution in [0.25, 0.3) is 10.6 Å². The number of nitrogens with one attached hydrogen (secondary N) is 2. The quantitative estimate of drug-likeness (QED) is 0.574. The fourth-order valence-corrected chi connectivity index (χ4v) is 3.80. The summed E-state index contributed by atoms with van der Waals surface area (Å²) < 4.78 is 14.2. The van der Waals surface area contributed by atoms with Gasteiger partial charge in [0, 0.05) is 21.1 Å². The Morgan fingerprint density at radius 1 is 1.18 bits per heavy atom. The number of carbonyl (C=O) groups is 2. The van der Waals surface area contributed by atoms with Crippen molar-refractivity contribution in [3.8, 4) is 10.6 Å². The Morgan fingerprint density at radius 2 is 2.00 bits per heavy atom. The minimum Gasteiger partial charge on any atom is -0.347 e. The van der Waals surface area contributed by atoms with E-state index in [0.717, 1.165) is 10.0 Å². The first-order chi connectivity index (χ1) is 13.4. The van der Waals surface area contributed by atoms with Crippen LogP contribution in [0.15, 0.2) is 52.3 Å². The van der Waals surface area contributed by atoms with Crippen LogP contribution >= 0.6 is 27.3 Å². The van der Waals surface area contributed by atoms with Gasteiger partial charge in [0.15, 0.2) is 0 Å². The molecular formula is C20H17BrFN3O2S. The van der Waals surface area contributed by atoms with E-state index < -0.39 is 0 Å². The van der Waals surface area contributed by atoms with E-state index >= 15 is 0 Å². The number of amides is 2. The molecule has 1 aromatic heterocycles. The SMILES string of the molecule is Cc1cc(Br)ccc1NC(=O)CNC(=O)Cc1csc(-c2cccc(F)c2)n1. The molecule has 144 valence electrons. The summed E-state index contributed by atoms with van der Waals surface area (Å²) in [6.45, 7) is 1.76. The maximum absolute atomic E-state index is 13.3. The van der Waals surface area contributed by atoms with E-state index in [0.29, 0.717) is 22.0 Å². The Balaban J connectivity index is 1.51. The van der Waals surface area contributed by atoms with Gasteiger partial charge in [0.05, 0.1) is 18.7 Å². The molecule has 0 aliphatic heterocycles. The van der Waals surface area contributed by atoms with Gasteiger partial charge in [-0.25, -0.2) is 9.37 Å². The van der Waals surface area contributed by atoms with Gasteiger partial charge >= 0.3 is 0 Å². The fourth-order valence-electron chi connectivity index (χ4n) is 2.51. The number of hydrogen-bond acceptors (Lipinski definition) is 4. The van der Waals surface area contributed by atoms with Gasteiger partial charge in [-0.15, -0.1) is 11.3 Å². The molecule has 0 atom stereocenters. The minimum atomic E-state index is -0.334. The van der Waals surface area contributed by atoms with E-state index in [2.05, 4.69) is 31.5 Å². The third kappa shape index (κ3) is 5.46. The van der Waals surface area contributed by atoms with Crippen LogP contribution in [0.2, 0.25) is 0 Å². The van der Waals surface area contributed by atoms with Crippen molar-refractivity contribution >= 4 is 44.8 Å². The number of nitrogens with zero attached hydrogens (tertiary/aromatic N) is 1. The van der Waals surface area contributed by atoms with E-state index in [-0.39, 0.29) is 30.6 Å². The molecule has 0 fully saturated rings. The second-order valence-corrected chi connectivity index (χ2v) is 7.89. The molecule has 0 unspecified atom stereocenters. The van der Waals surface area contributed by atoms with Crippen molar-refractivity contribution in [2.75, 3.05) is 11.9 Å². The summed E-state index contributed by atoms with van der Waals surface area (Å²) in [7, 11) is 0. The molecule has 0 spiro atoms. The Bertz CT molecular complexity index is 1020. The van der Waals surface area contributed by atoms with Crippen molar-refractivity contribution < 1.29 is 14.0 Å². The van der Waals surface area contributed by atoms with Crippen molar-refractivity contribution in [1.82, 2.24) is 10.3 Å². The van der Waals surface area contributed by atoms with Crippen LogP contribution in [0.4, 0.5) is 10.1 Å². The lowest BCUT2D eigenvalue weighted by Gasteiger charge is -2.09. The first kappa shape index (κ1) is 20.2. The number of halogens is 2. The summed E-state index contributed by atoms with van der Waals surface area (Å²) in [5.74, 6) is -0.949. The molecule has 3 rings (SSSR count). The number of anilines is 1. The maximum Gasteiger partial charge on any atom is 0.243 e. The molecule has 0 aliphatic rings. The monoisotopic (exact) mass is 461 g/mol. The van der Waals surface area contributed by atoms with Crippen molar-refractivity contribution in [2.45, 2.75) is 13.3 Å². The van der Waals surface area contributed by atoms with Crippen LogP contribution < -0.4 is 10.6 Å².